The Balaban J connectivity index is 2.02. The molecule has 2 aromatic carbocycles. The smallest absolute Gasteiger partial charge is 0.337 e. The van der Waals surface area contributed by atoms with Crippen LogP contribution in [-0.2, 0) is 9.63 Å². The van der Waals surface area contributed by atoms with E-state index in [1.165, 1.54) is 12.1 Å². The van der Waals surface area contributed by atoms with E-state index < -0.39 is 29.4 Å². The molecule has 0 saturated carbocycles. The molecule has 1 aromatic heterocycles. The van der Waals surface area contributed by atoms with Crippen LogP contribution in [0.25, 0.3) is 11.0 Å². The van der Waals surface area contributed by atoms with Crippen LogP contribution in [0.2, 0.25) is 0 Å². The minimum absolute atomic E-state index is 0.0417. The summed E-state index contributed by atoms with van der Waals surface area (Å²) in [6.45, 7) is 3.26. The van der Waals surface area contributed by atoms with Gasteiger partial charge in [-0.2, -0.15) is 0 Å². The number of fused-ring (bicyclic) bond motifs is 1. The molecule has 0 aliphatic rings. The number of rotatable bonds is 4. The Bertz CT molecular complexity index is 1120. The second kappa shape index (κ2) is 7.99. The highest BCUT2D eigenvalue weighted by Gasteiger charge is 2.15. The van der Waals surface area contributed by atoms with Gasteiger partial charge in [-0.15, -0.1) is 0 Å². The predicted molar refractivity (Wildman–Crippen MR) is 97.0 cm³/mol. The van der Waals surface area contributed by atoms with Crippen LogP contribution in [0.3, 0.4) is 0 Å². The zero-order valence-corrected chi connectivity index (χ0v) is 15.0. The predicted octanol–water partition coefficient (Wildman–Crippen LogP) is 3.98. The second-order valence-electron chi connectivity index (χ2n) is 6.24. The Morgan fingerprint density at radius 2 is 1.82 bits per heavy atom. The van der Waals surface area contributed by atoms with E-state index in [2.05, 4.69) is 10.5 Å². The summed E-state index contributed by atoms with van der Waals surface area (Å²) in [6.07, 6.45) is 0. The maximum atomic E-state index is 13.4. The summed E-state index contributed by atoms with van der Waals surface area (Å²) >= 11 is 0. The average molecular weight is 386 g/mol. The molecule has 144 valence electrons. The van der Waals surface area contributed by atoms with Crippen molar-refractivity contribution in [1.82, 2.24) is 0 Å². The summed E-state index contributed by atoms with van der Waals surface area (Å²) in [5.74, 6) is -3.86. The molecule has 3 aromatic rings. The Kier molecular flexibility index (Phi) is 5.49. The van der Waals surface area contributed by atoms with E-state index in [-0.39, 0.29) is 16.8 Å². The van der Waals surface area contributed by atoms with Crippen LogP contribution in [0.15, 0.2) is 58.1 Å². The van der Waals surface area contributed by atoms with Crippen molar-refractivity contribution in [3.63, 3.8) is 0 Å². The molecule has 0 spiro atoms. The van der Waals surface area contributed by atoms with Crippen LogP contribution >= 0.6 is 0 Å². The molecule has 0 atom stereocenters. The molecule has 0 unspecified atom stereocenters. The number of benzene rings is 2. The number of carbonyl (C=O) groups is 2. The number of halogens is 2. The first-order valence-corrected chi connectivity index (χ1v) is 8.39. The summed E-state index contributed by atoms with van der Waals surface area (Å²) in [7, 11) is 0. The molecule has 0 saturated heterocycles. The lowest BCUT2D eigenvalue weighted by atomic mass is 10.1. The van der Waals surface area contributed by atoms with Crippen molar-refractivity contribution in [2.75, 3.05) is 5.32 Å². The summed E-state index contributed by atoms with van der Waals surface area (Å²) in [4.78, 5) is 29.2. The Labute approximate surface area is 158 Å². The fourth-order valence-electron chi connectivity index (χ4n) is 2.26. The van der Waals surface area contributed by atoms with Gasteiger partial charge in [0.1, 0.15) is 11.1 Å². The number of hydrogen-bond acceptors (Lipinski definition) is 5. The first kappa shape index (κ1) is 19.2. The fraction of sp³-hybridized carbons (Fsp3) is 0.150. The van der Waals surface area contributed by atoms with Gasteiger partial charge in [0.25, 0.3) is 11.5 Å². The SMILES string of the molecule is CC(C)C(=O)O/N=c1/oc2ccccc2cc1C(=O)Nc1ccc(F)c(F)c1. The molecular formula is C20H16F2N2O4. The van der Waals surface area contributed by atoms with Crippen LogP contribution in [0.1, 0.15) is 24.2 Å². The third-order valence-corrected chi connectivity index (χ3v) is 3.77. The molecule has 0 radical (unpaired) electrons. The lowest BCUT2D eigenvalue weighted by molar-refractivity contribution is -0.148. The number of nitrogens with zero attached hydrogens (tertiary/aromatic N) is 1. The average Bonchev–Trinajstić information content (AvgIpc) is 2.68. The van der Waals surface area contributed by atoms with Gasteiger partial charge in [-0.05, 0) is 29.4 Å². The first-order valence-electron chi connectivity index (χ1n) is 8.39. The number of amides is 1. The van der Waals surface area contributed by atoms with Crippen molar-refractivity contribution in [2.24, 2.45) is 11.1 Å². The lowest BCUT2D eigenvalue weighted by Gasteiger charge is -2.07. The van der Waals surface area contributed by atoms with Gasteiger partial charge in [-0.3, -0.25) is 4.79 Å². The topological polar surface area (TPSA) is 80.9 Å². The highest BCUT2D eigenvalue weighted by Crippen LogP contribution is 2.16. The third kappa shape index (κ3) is 4.22. The highest BCUT2D eigenvalue weighted by atomic mass is 19.2. The van der Waals surface area contributed by atoms with E-state index in [1.807, 2.05) is 0 Å². The summed E-state index contributed by atoms with van der Waals surface area (Å²) < 4.78 is 32.0. The Hall–Kier alpha value is -3.55. The molecule has 1 N–H and O–H groups in total. The van der Waals surface area contributed by atoms with E-state index in [1.54, 1.807) is 38.1 Å². The van der Waals surface area contributed by atoms with Crippen molar-refractivity contribution in [3.05, 3.63) is 71.3 Å². The van der Waals surface area contributed by atoms with Gasteiger partial charge in [-0.1, -0.05) is 32.0 Å². The van der Waals surface area contributed by atoms with E-state index in [0.717, 1.165) is 12.1 Å². The van der Waals surface area contributed by atoms with E-state index >= 15 is 0 Å². The minimum Gasteiger partial charge on any atom is -0.435 e. The van der Waals surface area contributed by atoms with Crippen LogP contribution < -0.4 is 10.9 Å². The van der Waals surface area contributed by atoms with Gasteiger partial charge < -0.3 is 14.6 Å². The van der Waals surface area contributed by atoms with E-state index in [9.17, 15) is 18.4 Å². The third-order valence-electron chi connectivity index (χ3n) is 3.77. The molecule has 1 amide bonds. The van der Waals surface area contributed by atoms with Gasteiger partial charge >= 0.3 is 5.97 Å². The van der Waals surface area contributed by atoms with Crippen molar-refractivity contribution >= 4 is 28.5 Å². The number of nitrogens with one attached hydrogen (secondary N) is 1. The number of para-hydroxylation sites is 1. The number of hydrogen-bond donors (Lipinski definition) is 1. The molecule has 8 heteroatoms. The van der Waals surface area contributed by atoms with Crippen LogP contribution in [0, 0.1) is 17.6 Å². The minimum atomic E-state index is -1.10. The van der Waals surface area contributed by atoms with Gasteiger partial charge in [0.2, 0.25) is 0 Å². The van der Waals surface area contributed by atoms with Gasteiger partial charge in [-0.25, -0.2) is 13.6 Å². The van der Waals surface area contributed by atoms with E-state index in [4.69, 9.17) is 9.25 Å². The zero-order chi connectivity index (χ0) is 20.3. The summed E-state index contributed by atoms with van der Waals surface area (Å²) in [6, 6.07) is 11.3. The molecule has 0 aliphatic carbocycles. The summed E-state index contributed by atoms with van der Waals surface area (Å²) in [5.41, 5.74) is 0.196. The number of anilines is 1. The normalized spacial score (nSPS) is 11.7. The molecule has 3 rings (SSSR count). The molecule has 0 fully saturated rings. The molecular weight excluding hydrogens is 370 g/mol. The van der Waals surface area contributed by atoms with Gasteiger partial charge in [0, 0.05) is 17.1 Å². The molecule has 28 heavy (non-hydrogen) atoms. The monoisotopic (exact) mass is 386 g/mol. The Morgan fingerprint density at radius 1 is 1.07 bits per heavy atom. The second-order valence-corrected chi connectivity index (χ2v) is 6.24. The lowest BCUT2D eigenvalue weighted by Crippen LogP contribution is -2.23. The molecule has 0 bridgehead atoms. The number of carbonyl (C=O) groups excluding carboxylic acids is 2. The molecule has 6 nitrogen and oxygen atoms in total. The van der Waals surface area contributed by atoms with E-state index in [0.29, 0.717) is 11.0 Å². The standard InChI is InChI=1S/C20H16F2N2O4/c1-11(2)20(26)28-24-19-14(9-12-5-3-4-6-17(12)27-19)18(25)23-13-7-8-15(21)16(22)10-13/h3-11H,1-2H3,(H,23,25)/b24-19+. The largest absolute Gasteiger partial charge is 0.435 e. The summed E-state index contributed by atoms with van der Waals surface area (Å²) in [5, 5.41) is 6.70. The maximum absolute atomic E-state index is 13.4. The Morgan fingerprint density at radius 3 is 2.54 bits per heavy atom. The highest BCUT2D eigenvalue weighted by molar-refractivity contribution is 6.05. The zero-order valence-electron chi connectivity index (χ0n) is 15.0. The van der Waals surface area contributed by atoms with Crippen molar-refractivity contribution in [3.8, 4) is 0 Å². The quantitative estimate of drug-likeness (QED) is 0.543. The molecule has 1 heterocycles. The maximum Gasteiger partial charge on any atom is 0.337 e. The van der Waals surface area contributed by atoms with Crippen molar-refractivity contribution < 1.29 is 27.6 Å². The fourth-order valence-corrected chi connectivity index (χ4v) is 2.26. The van der Waals surface area contributed by atoms with Crippen LogP contribution in [-0.4, -0.2) is 11.9 Å². The van der Waals surface area contributed by atoms with Crippen molar-refractivity contribution in [2.45, 2.75) is 13.8 Å². The van der Waals surface area contributed by atoms with Gasteiger partial charge in [0.05, 0.1) is 5.92 Å². The van der Waals surface area contributed by atoms with Gasteiger partial charge in [0.15, 0.2) is 11.6 Å². The van der Waals surface area contributed by atoms with Crippen LogP contribution in [0.4, 0.5) is 14.5 Å². The molecule has 0 aliphatic heterocycles. The first-order chi connectivity index (χ1) is 13.3. The van der Waals surface area contributed by atoms with Crippen LogP contribution in [0.5, 0.6) is 0 Å². The van der Waals surface area contributed by atoms with Crippen molar-refractivity contribution in [1.29, 1.82) is 0 Å².